The Morgan fingerprint density at radius 2 is 1.88 bits per heavy atom. The van der Waals surface area contributed by atoms with E-state index in [1.54, 1.807) is 37.1 Å². The molecule has 2 fully saturated rings. The maximum Gasteiger partial charge on any atom is 0.409 e. The smallest absolute Gasteiger partial charge is 0.409 e. The van der Waals surface area contributed by atoms with E-state index in [2.05, 4.69) is 4.90 Å². The van der Waals surface area contributed by atoms with Crippen molar-refractivity contribution >= 4 is 34.9 Å². The molecular formula is C30H40ClN5O6. The lowest BCUT2D eigenvalue weighted by Crippen LogP contribution is -2.73. The van der Waals surface area contributed by atoms with E-state index in [4.69, 9.17) is 41.5 Å². The summed E-state index contributed by atoms with van der Waals surface area (Å²) in [6.45, 7) is 10.3. The number of allylic oxidation sites excluding steroid dienone is 2. The van der Waals surface area contributed by atoms with Gasteiger partial charge in [0.25, 0.3) is 0 Å². The Balaban J connectivity index is 1.62. The molecular weight excluding hydrogens is 562 g/mol. The predicted molar refractivity (Wildman–Crippen MR) is 161 cm³/mol. The van der Waals surface area contributed by atoms with Crippen LogP contribution in [-0.4, -0.2) is 91.1 Å². The number of hydrogen-bond donors (Lipinski definition) is 2. The van der Waals surface area contributed by atoms with Gasteiger partial charge in [-0.15, -0.1) is 0 Å². The normalized spacial score (nSPS) is 16.8. The maximum absolute atomic E-state index is 12.7. The second kappa shape index (κ2) is 13.3. The summed E-state index contributed by atoms with van der Waals surface area (Å²) < 4.78 is 16.0. The van der Waals surface area contributed by atoms with Gasteiger partial charge in [-0.1, -0.05) is 24.9 Å². The molecule has 1 atom stereocenters. The summed E-state index contributed by atoms with van der Waals surface area (Å²) in [6, 6.07) is 5.17. The van der Waals surface area contributed by atoms with Gasteiger partial charge in [0.15, 0.2) is 11.6 Å². The van der Waals surface area contributed by atoms with Gasteiger partial charge in [0.2, 0.25) is 0 Å². The summed E-state index contributed by atoms with van der Waals surface area (Å²) in [5.74, 6) is 1.31. The molecule has 228 valence electrons. The number of anilines is 1. The van der Waals surface area contributed by atoms with E-state index in [9.17, 15) is 14.7 Å². The maximum atomic E-state index is 12.7. The minimum atomic E-state index is -0.577. The SMILES string of the molecule is CCC[C@@H](O)COc1ccc(Cl)c(-c2nc(C(C(C)=O)=C(C)N)c(C)c(N3CC4(CN(C(=O)OCCOC)C4)C3)n2)c1. The number of carbonyl (C=O) groups excluding carboxylic acids is 2. The van der Waals surface area contributed by atoms with Crippen molar-refractivity contribution in [3.8, 4) is 17.1 Å². The van der Waals surface area contributed by atoms with Crippen LogP contribution >= 0.6 is 11.6 Å². The van der Waals surface area contributed by atoms with Crippen LogP contribution in [0.3, 0.4) is 0 Å². The Kier molecular flexibility index (Phi) is 9.96. The Morgan fingerprint density at radius 1 is 1.17 bits per heavy atom. The minimum absolute atomic E-state index is 0.0499. The number of likely N-dealkylation sites (tertiary alicyclic amines) is 1. The molecule has 11 nitrogen and oxygen atoms in total. The highest BCUT2D eigenvalue weighted by Gasteiger charge is 2.54. The van der Waals surface area contributed by atoms with Crippen LogP contribution in [0.4, 0.5) is 10.6 Å². The number of carbonyl (C=O) groups is 2. The molecule has 3 N–H and O–H groups in total. The second-order valence-corrected chi connectivity index (χ2v) is 11.6. The second-order valence-electron chi connectivity index (χ2n) is 11.2. The molecule has 12 heteroatoms. The van der Waals surface area contributed by atoms with Crippen LogP contribution in [0.15, 0.2) is 23.9 Å². The molecule has 1 spiro atoms. The lowest BCUT2D eigenvalue weighted by Gasteiger charge is -2.60. The summed E-state index contributed by atoms with van der Waals surface area (Å²) in [5, 5.41) is 10.5. The zero-order valence-corrected chi connectivity index (χ0v) is 25.7. The van der Waals surface area contributed by atoms with Crippen LogP contribution in [0.5, 0.6) is 5.75 Å². The van der Waals surface area contributed by atoms with Crippen molar-refractivity contribution in [1.82, 2.24) is 14.9 Å². The van der Waals surface area contributed by atoms with Gasteiger partial charge in [-0.05, 0) is 45.4 Å². The van der Waals surface area contributed by atoms with Gasteiger partial charge in [0.05, 0.1) is 29.0 Å². The van der Waals surface area contributed by atoms with Crippen molar-refractivity contribution in [2.75, 3.05) is 58.0 Å². The van der Waals surface area contributed by atoms with Crippen molar-refractivity contribution in [2.45, 2.75) is 46.6 Å². The van der Waals surface area contributed by atoms with Crippen LogP contribution in [0.2, 0.25) is 5.02 Å². The van der Waals surface area contributed by atoms with Crippen molar-refractivity contribution < 1.29 is 28.9 Å². The van der Waals surface area contributed by atoms with Crippen molar-refractivity contribution in [1.29, 1.82) is 0 Å². The van der Waals surface area contributed by atoms with Crippen LogP contribution in [0.25, 0.3) is 17.0 Å². The molecule has 42 heavy (non-hydrogen) atoms. The molecule has 2 aliphatic rings. The fraction of sp³-hybridized carbons (Fsp3) is 0.533. The highest BCUT2D eigenvalue weighted by molar-refractivity contribution is 6.33. The first-order valence-electron chi connectivity index (χ1n) is 14.1. The number of ketones is 1. The molecule has 4 rings (SSSR count). The Morgan fingerprint density at radius 3 is 2.50 bits per heavy atom. The highest BCUT2D eigenvalue weighted by Crippen LogP contribution is 2.44. The largest absolute Gasteiger partial charge is 0.491 e. The van der Waals surface area contributed by atoms with Gasteiger partial charge in [-0.25, -0.2) is 14.8 Å². The van der Waals surface area contributed by atoms with E-state index in [-0.39, 0.29) is 30.5 Å². The van der Waals surface area contributed by atoms with E-state index in [0.29, 0.717) is 84.1 Å². The number of hydrogen-bond acceptors (Lipinski definition) is 10. The molecule has 0 saturated carbocycles. The predicted octanol–water partition coefficient (Wildman–Crippen LogP) is 3.83. The number of amides is 1. The molecule has 3 heterocycles. The molecule has 0 bridgehead atoms. The molecule has 1 aromatic heterocycles. The molecule has 1 aromatic carbocycles. The monoisotopic (exact) mass is 601 g/mol. The average Bonchev–Trinajstić information content (AvgIpc) is 2.88. The molecule has 2 aliphatic heterocycles. The summed E-state index contributed by atoms with van der Waals surface area (Å²) in [4.78, 5) is 38.5. The van der Waals surface area contributed by atoms with Gasteiger partial charge < -0.3 is 34.9 Å². The van der Waals surface area contributed by atoms with E-state index in [0.717, 1.165) is 12.0 Å². The molecule has 0 radical (unpaired) electrons. The first kappa shape index (κ1) is 31.5. The van der Waals surface area contributed by atoms with E-state index >= 15 is 0 Å². The summed E-state index contributed by atoms with van der Waals surface area (Å²) in [5.41, 5.74) is 8.50. The van der Waals surface area contributed by atoms with Crippen LogP contribution < -0.4 is 15.4 Å². The fourth-order valence-corrected chi connectivity index (χ4v) is 5.69. The van der Waals surface area contributed by atoms with E-state index in [1.165, 1.54) is 6.92 Å². The number of methoxy groups -OCH3 is 1. The third-order valence-corrected chi connectivity index (χ3v) is 7.85. The van der Waals surface area contributed by atoms with Gasteiger partial charge in [-0.3, -0.25) is 4.79 Å². The zero-order valence-electron chi connectivity index (χ0n) is 24.9. The van der Waals surface area contributed by atoms with E-state index in [1.807, 2.05) is 13.8 Å². The minimum Gasteiger partial charge on any atom is -0.491 e. The summed E-state index contributed by atoms with van der Waals surface area (Å²) in [6.07, 6.45) is 0.566. The Hall–Kier alpha value is -3.41. The van der Waals surface area contributed by atoms with Gasteiger partial charge in [0, 0.05) is 55.5 Å². The number of nitrogens with two attached hydrogens (primary N) is 1. The molecule has 1 amide bonds. The van der Waals surface area contributed by atoms with Crippen LogP contribution in [0.1, 0.15) is 44.9 Å². The van der Waals surface area contributed by atoms with Crippen molar-refractivity contribution in [3.05, 3.63) is 40.2 Å². The van der Waals surface area contributed by atoms with Crippen LogP contribution in [0, 0.1) is 12.3 Å². The number of ether oxygens (including phenoxy) is 3. The quantitative estimate of drug-likeness (QED) is 0.272. The molecule has 0 unspecified atom stereocenters. The number of aliphatic hydroxyl groups is 1. The number of aliphatic hydroxyl groups excluding tert-OH is 1. The van der Waals surface area contributed by atoms with Crippen molar-refractivity contribution in [2.24, 2.45) is 11.1 Å². The zero-order chi connectivity index (χ0) is 30.6. The number of halogens is 1. The lowest BCUT2D eigenvalue weighted by molar-refractivity contribution is -0.111. The standard InChI is InChI=1S/C30H40ClN5O6/c1-6-7-21(38)13-42-22-8-9-24(31)23(12-22)27-33-26(25(19(3)32)20(4)37)18(2)28(34-27)35-14-30(15-35)16-36(17-30)29(39)41-11-10-40-5/h8-9,12,21,38H,6-7,10-11,13-17,32H2,1-5H3/t21-/m1/s1. The summed E-state index contributed by atoms with van der Waals surface area (Å²) in [7, 11) is 1.56. The highest BCUT2D eigenvalue weighted by atomic mass is 35.5. The van der Waals surface area contributed by atoms with Gasteiger partial charge >= 0.3 is 6.09 Å². The van der Waals surface area contributed by atoms with Crippen molar-refractivity contribution in [3.63, 3.8) is 0 Å². The first-order chi connectivity index (χ1) is 20.0. The van der Waals surface area contributed by atoms with Crippen LogP contribution in [-0.2, 0) is 14.3 Å². The van der Waals surface area contributed by atoms with Gasteiger partial charge in [-0.2, -0.15) is 0 Å². The summed E-state index contributed by atoms with van der Waals surface area (Å²) >= 11 is 6.63. The van der Waals surface area contributed by atoms with Gasteiger partial charge in [0.1, 0.15) is 24.8 Å². The first-order valence-corrected chi connectivity index (χ1v) is 14.5. The number of aromatic nitrogens is 2. The molecule has 2 saturated heterocycles. The molecule has 0 aliphatic carbocycles. The average molecular weight is 602 g/mol. The Bertz CT molecular complexity index is 1350. The fourth-order valence-electron chi connectivity index (χ4n) is 5.49. The third-order valence-electron chi connectivity index (χ3n) is 7.52. The number of nitrogens with zero attached hydrogens (tertiary/aromatic N) is 4. The lowest BCUT2D eigenvalue weighted by atomic mass is 9.73. The topological polar surface area (TPSA) is 140 Å². The number of Topliss-reactive ketones (excluding diaryl/α,β-unsaturated/α-hetero) is 1. The number of benzene rings is 1. The molecule has 2 aromatic rings. The number of rotatable bonds is 12. The Labute approximate surface area is 251 Å². The van der Waals surface area contributed by atoms with E-state index < -0.39 is 6.10 Å². The third kappa shape index (κ3) is 6.79.